The quantitative estimate of drug-likeness (QED) is 0.867. The van der Waals surface area contributed by atoms with Gasteiger partial charge in [0.2, 0.25) is 0 Å². The number of hydrogen-bond donors (Lipinski definition) is 1. The standard InChI is InChI=1S/C13H10Cl3NO2S/c1-8-9(14)4-2-6-11(8)17-20(18,19)12-7-3-5-10(15)13(12)16/h2-7,17H,1H3. The minimum absolute atomic E-state index is 0.0126. The van der Waals surface area contributed by atoms with Crippen molar-refractivity contribution in [3.8, 4) is 0 Å². The first-order valence-corrected chi connectivity index (χ1v) is 8.16. The van der Waals surface area contributed by atoms with E-state index < -0.39 is 10.0 Å². The summed E-state index contributed by atoms with van der Waals surface area (Å²) in [7, 11) is -3.83. The van der Waals surface area contributed by atoms with Crippen molar-refractivity contribution in [2.45, 2.75) is 11.8 Å². The van der Waals surface area contributed by atoms with Crippen molar-refractivity contribution in [2.24, 2.45) is 0 Å². The molecule has 2 aromatic rings. The van der Waals surface area contributed by atoms with Crippen LogP contribution in [0.1, 0.15) is 5.56 Å². The molecule has 0 unspecified atom stereocenters. The lowest BCUT2D eigenvalue weighted by atomic mass is 10.2. The lowest BCUT2D eigenvalue weighted by Crippen LogP contribution is -2.14. The van der Waals surface area contributed by atoms with Crippen molar-refractivity contribution in [3.63, 3.8) is 0 Å². The summed E-state index contributed by atoms with van der Waals surface area (Å²) in [6, 6.07) is 9.39. The van der Waals surface area contributed by atoms with E-state index in [1.807, 2.05) is 0 Å². The average molecular weight is 351 g/mol. The van der Waals surface area contributed by atoms with Crippen LogP contribution in [0.15, 0.2) is 41.3 Å². The number of nitrogens with one attached hydrogen (secondary N) is 1. The van der Waals surface area contributed by atoms with E-state index in [1.165, 1.54) is 18.2 Å². The molecular weight excluding hydrogens is 341 g/mol. The Balaban J connectivity index is 2.47. The van der Waals surface area contributed by atoms with Gasteiger partial charge in [-0.1, -0.05) is 46.9 Å². The Morgan fingerprint density at radius 2 is 1.55 bits per heavy atom. The fourth-order valence-corrected chi connectivity index (χ4v) is 3.67. The van der Waals surface area contributed by atoms with Gasteiger partial charge in [0.1, 0.15) is 4.90 Å². The zero-order valence-corrected chi connectivity index (χ0v) is 13.4. The molecule has 0 aromatic heterocycles. The van der Waals surface area contributed by atoms with Crippen molar-refractivity contribution in [1.82, 2.24) is 0 Å². The second-order valence-electron chi connectivity index (χ2n) is 4.07. The highest BCUT2D eigenvalue weighted by Crippen LogP contribution is 2.31. The second-order valence-corrected chi connectivity index (χ2v) is 6.91. The number of halogens is 3. The lowest BCUT2D eigenvalue weighted by molar-refractivity contribution is 0.601. The minimum atomic E-state index is -3.83. The molecule has 2 rings (SSSR count). The number of anilines is 1. The Hall–Kier alpha value is -0.940. The summed E-state index contributed by atoms with van der Waals surface area (Å²) >= 11 is 17.7. The highest BCUT2D eigenvalue weighted by atomic mass is 35.5. The third-order valence-corrected chi connectivity index (χ3v) is 5.47. The number of hydrogen-bond acceptors (Lipinski definition) is 2. The van der Waals surface area contributed by atoms with Crippen molar-refractivity contribution in [3.05, 3.63) is 57.0 Å². The van der Waals surface area contributed by atoms with Crippen molar-refractivity contribution >= 4 is 50.5 Å². The van der Waals surface area contributed by atoms with Gasteiger partial charge in [0.05, 0.1) is 15.7 Å². The summed E-state index contributed by atoms with van der Waals surface area (Å²) in [6.07, 6.45) is 0. The van der Waals surface area contributed by atoms with Crippen LogP contribution in [0, 0.1) is 6.92 Å². The van der Waals surface area contributed by atoms with E-state index in [0.29, 0.717) is 16.3 Å². The summed E-state index contributed by atoms with van der Waals surface area (Å²) in [5.74, 6) is 0. The predicted octanol–water partition coefficient (Wildman–Crippen LogP) is 4.76. The van der Waals surface area contributed by atoms with Crippen LogP contribution in [0.2, 0.25) is 15.1 Å². The van der Waals surface area contributed by atoms with E-state index in [4.69, 9.17) is 34.8 Å². The molecule has 0 heterocycles. The first-order chi connectivity index (χ1) is 9.33. The fourth-order valence-electron chi connectivity index (χ4n) is 1.61. The van der Waals surface area contributed by atoms with Crippen molar-refractivity contribution < 1.29 is 8.42 Å². The lowest BCUT2D eigenvalue weighted by Gasteiger charge is -2.12. The van der Waals surface area contributed by atoms with E-state index in [1.54, 1.807) is 25.1 Å². The van der Waals surface area contributed by atoms with E-state index in [-0.39, 0.29) is 14.9 Å². The van der Waals surface area contributed by atoms with Crippen LogP contribution < -0.4 is 4.72 Å². The van der Waals surface area contributed by atoms with Gasteiger partial charge in [-0.25, -0.2) is 8.42 Å². The van der Waals surface area contributed by atoms with Gasteiger partial charge >= 0.3 is 0 Å². The smallest absolute Gasteiger partial charge is 0.263 e. The van der Waals surface area contributed by atoms with Gasteiger partial charge in [0.25, 0.3) is 10.0 Å². The first kappa shape index (κ1) is 15.4. The maximum absolute atomic E-state index is 12.3. The van der Waals surface area contributed by atoms with Crippen LogP contribution >= 0.6 is 34.8 Å². The Morgan fingerprint density at radius 1 is 0.950 bits per heavy atom. The Bertz CT molecular complexity index is 760. The van der Waals surface area contributed by atoms with Crippen molar-refractivity contribution in [2.75, 3.05) is 4.72 Å². The molecule has 0 aliphatic rings. The topological polar surface area (TPSA) is 46.2 Å². The highest BCUT2D eigenvalue weighted by Gasteiger charge is 2.20. The molecule has 0 radical (unpaired) electrons. The van der Waals surface area contributed by atoms with Gasteiger partial charge in [-0.3, -0.25) is 4.72 Å². The van der Waals surface area contributed by atoms with Gasteiger partial charge in [-0.2, -0.15) is 0 Å². The van der Waals surface area contributed by atoms with Crippen LogP contribution in [-0.4, -0.2) is 8.42 Å². The molecule has 2 aromatic carbocycles. The molecule has 0 saturated carbocycles. The van der Waals surface area contributed by atoms with Gasteiger partial charge in [0, 0.05) is 5.02 Å². The molecule has 0 aliphatic heterocycles. The molecule has 0 amide bonds. The number of benzene rings is 2. The maximum Gasteiger partial charge on any atom is 0.263 e. The third-order valence-electron chi connectivity index (χ3n) is 2.72. The summed E-state index contributed by atoms with van der Waals surface area (Å²) in [5.41, 5.74) is 1.03. The molecule has 106 valence electrons. The number of sulfonamides is 1. The molecule has 0 fully saturated rings. The Morgan fingerprint density at radius 3 is 2.25 bits per heavy atom. The molecule has 7 heteroatoms. The summed E-state index contributed by atoms with van der Waals surface area (Å²) in [5, 5.41) is 0.640. The van der Waals surface area contributed by atoms with E-state index >= 15 is 0 Å². The normalized spacial score (nSPS) is 11.4. The van der Waals surface area contributed by atoms with E-state index in [9.17, 15) is 8.42 Å². The molecule has 1 N–H and O–H groups in total. The third kappa shape index (κ3) is 3.04. The Labute approximate surface area is 132 Å². The molecule has 0 aliphatic carbocycles. The molecule has 0 saturated heterocycles. The monoisotopic (exact) mass is 349 g/mol. The van der Waals surface area contributed by atoms with Gasteiger partial charge in [-0.05, 0) is 36.8 Å². The summed E-state index contributed by atoms with van der Waals surface area (Å²) in [6.45, 7) is 1.72. The van der Waals surface area contributed by atoms with Crippen LogP contribution in [0.25, 0.3) is 0 Å². The molecular formula is C13H10Cl3NO2S. The first-order valence-electron chi connectivity index (χ1n) is 5.55. The maximum atomic E-state index is 12.3. The molecule has 20 heavy (non-hydrogen) atoms. The fraction of sp³-hybridized carbons (Fsp3) is 0.0769. The highest BCUT2D eigenvalue weighted by molar-refractivity contribution is 7.92. The van der Waals surface area contributed by atoms with Gasteiger partial charge in [0.15, 0.2) is 0 Å². The minimum Gasteiger partial charge on any atom is -0.279 e. The zero-order valence-electron chi connectivity index (χ0n) is 10.3. The molecule has 0 bridgehead atoms. The Kier molecular flexibility index (Phi) is 4.49. The predicted molar refractivity (Wildman–Crippen MR) is 83.5 cm³/mol. The zero-order chi connectivity index (χ0) is 14.9. The molecule has 0 atom stereocenters. The van der Waals surface area contributed by atoms with E-state index in [2.05, 4.69) is 4.72 Å². The van der Waals surface area contributed by atoms with Crippen LogP contribution in [0.3, 0.4) is 0 Å². The van der Waals surface area contributed by atoms with Crippen molar-refractivity contribution in [1.29, 1.82) is 0 Å². The van der Waals surface area contributed by atoms with Crippen LogP contribution in [0.4, 0.5) is 5.69 Å². The average Bonchev–Trinajstić information content (AvgIpc) is 2.38. The summed E-state index contributed by atoms with van der Waals surface area (Å²) < 4.78 is 27.1. The largest absolute Gasteiger partial charge is 0.279 e. The van der Waals surface area contributed by atoms with Crippen LogP contribution in [-0.2, 0) is 10.0 Å². The van der Waals surface area contributed by atoms with Crippen LogP contribution in [0.5, 0.6) is 0 Å². The van der Waals surface area contributed by atoms with Gasteiger partial charge in [-0.15, -0.1) is 0 Å². The SMILES string of the molecule is Cc1c(Cl)cccc1NS(=O)(=O)c1cccc(Cl)c1Cl. The second kappa shape index (κ2) is 5.82. The molecule has 3 nitrogen and oxygen atoms in total. The van der Waals surface area contributed by atoms with Gasteiger partial charge < -0.3 is 0 Å². The van der Waals surface area contributed by atoms with E-state index in [0.717, 1.165) is 0 Å². The molecule has 0 spiro atoms. The summed E-state index contributed by atoms with van der Waals surface area (Å²) in [4.78, 5) is -0.0777. The number of rotatable bonds is 3.